The second kappa shape index (κ2) is 11.4. The fourth-order valence-corrected chi connectivity index (χ4v) is 2.67. The Hall–Kier alpha value is -2.50. The van der Waals surface area contributed by atoms with Crippen molar-refractivity contribution in [3.8, 4) is 0 Å². The third kappa shape index (κ3) is 8.46. The fourth-order valence-electron chi connectivity index (χ4n) is 2.03. The van der Waals surface area contributed by atoms with Crippen molar-refractivity contribution in [3.05, 3.63) is 33.9 Å². The summed E-state index contributed by atoms with van der Waals surface area (Å²) in [5.74, 6) is -0.533. The van der Waals surface area contributed by atoms with Gasteiger partial charge in [-0.05, 0) is 25.5 Å². The molecule has 0 heterocycles. The Morgan fingerprint density at radius 1 is 1.25 bits per heavy atom. The third-order valence-corrected chi connectivity index (χ3v) is 4.18. The number of esters is 1. The number of thioether (sulfide) groups is 1. The average Bonchev–Trinajstić information content (AvgIpc) is 2.60. The highest BCUT2D eigenvalue weighted by Gasteiger charge is 2.32. The molecule has 1 aromatic carbocycles. The van der Waals surface area contributed by atoms with E-state index in [1.807, 2.05) is 0 Å². The van der Waals surface area contributed by atoms with E-state index >= 15 is 0 Å². The van der Waals surface area contributed by atoms with Crippen molar-refractivity contribution in [3.63, 3.8) is 0 Å². The van der Waals surface area contributed by atoms with Gasteiger partial charge in [-0.3, -0.25) is 19.7 Å². The highest BCUT2D eigenvalue weighted by atomic mass is 32.2. The fraction of sp³-hybridized carbons (Fsp3) is 0.500. The van der Waals surface area contributed by atoms with Crippen LogP contribution in [0.25, 0.3) is 0 Å². The molecule has 12 heteroatoms. The number of alkyl halides is 3. The molecule has 1 aromatic rings. The second-order valence-corrected chi connectivity index (χ2v) is 6.40. The van der Waals surface area contributed by atoms with Crippen LogP contribution in [0.2, 0.25) is 0 Å². The number of nitrogens with zero attached hydrogens (tertiary/aromatic N) is 1. The van der Waals surface area contributed by atoms with Gasteiger partial charge in [0.2, 0.25) is 5.91 Å². The van der Waals surface area contributed by atoms with E-state index in [1.165, 1.54) is 0 Å². The van der Waals surface area contributed by atoms with Gasteiger partial charge in [-0.25, -0.2) is 0 Å². The van der Waals surface area contributed by atoms with Gasteiger partial charge in [-0.2, -0.15) is 13.2 Å². The van der Waals surface area contributed by atoms with E-state index in [1.54, 1.807) is 6.92 Å². The van der Waals surface area contributed by atoms with Crippen molar-refractivity contribution in [2.75, 3.05) is 36.5 Å². The number of hydrogen-bond acceptors (Lipinski definition) is 7. The van der Waals surface area contributed by atoms with Gasteiger partial charge >= 0.3 is 12.1 Å². The maximum absolute atomic E-state index is 12.7. The highest BCUT2D eigenvalue weighted by molar-refractivity contribution is 8.00. The first kappa shape index (κ1) is 23.5. The van der Waals surface area contributed by atoms with Gasteiger partial charge in [-0.15, -0.1) is 11.8 Å². The van der Waals surface area contributed by atoms with Crippen LogP contribution in [0.1, 0.15) is 18.9 Å². The lowest BCUT2D eigenvalue weighted by molar-refractivity contribution is -0.384. The van der Waals surface area contributed by atoms with Crippen molar-refractivity contribution in [2.45, 2.75) is 19.5 Å². The van der Waals surface area contributed by atoms with Crippen LogP contribution in [0.3, 0.4) is 0 Å². The molecule has 28 heavy (non-hydrogen) atoms. The number of nitrogens with one attached hydrogen (secondary N) is 2. The molecule has 0 bridgehead atoms. The summed E-state index contributed by atoms with van der Waals surface area (Å²) in [6.45, 7) is 2.43. The van der Waals surface area contributed by atoms with Crippen molar-refractivity contribution in [1.29, 1.82) is 0 Å². The number of nitro benzene ring substituents is 1. The Balaban J connectivity index is 2.37. The molecule has 0 aliphatic rings. The topological polar surface area (TPSA) is 111 Å². The van der Waals surface area contributed by atoms with Crippen LogP contribution in [0.15, 0.2) is 18.2 Å². The van der Waals surface area contributed by atoms with E-state index < -0.39 is 28.3 Å². The molecule has 1 rings (SSSR count). The minimum atomic E-state index is -4.67. The molecule has 0 spiro atoms. The number of carbonyl (C=O) groups is 2. The molecular weight excluding hydrogens is 403 g/mol. The summed E-state index contributed by atoms with van der Waals surface area (Å²) in [4.78, 5) is 32.8. The number of rotatable bonds is 11. The lowest BCUT2D eigenvalue weighted by Gasteiger charge is -2.11. The third-order valence-electron chi connectivity index (χ3n) is 3.27. The molecule has 0 aliphatic heterocycles. The predicted octanol–water partition coefficient (Wildman–Crippen LogP) is 2.83. The van der Waals surface area contributed by atoms with E-state index in [0.717, 1.165) is 23.9 Å². The van der Waals surface area contributed by atoms with Crippen molar-refractivity contribution >= 4 is 35.0 Å². The lowest BCUT2D eigenvalue weighted by atomic mass is 10.1. The molecular formula is C16H20F3N3O5S. The molecule has 0 saturated carbocycles. The number of anilines is 1. The maximum atomic E-state index is 12.7. The molecule has 1 amide bonds. The molecule has 0 aliphatic carbocycles. The van der Waals surface area contributed by atoms with Crippen molar-refractivity contribution in [1.82, 2.24) is 5.32 Å². The van der Waals surface area contributed by atoms with Gasteiger partial charge in [0.15, 0.2) is 0 Å². The second-order valence-electron chi connectivity index (χ2n) is 5.41. The summed E-state index contributed by atoms with van der Waals surface area (Å²) in [6, 6.07) is 2.24. The minimum absolute atomic E-state index is 0.0330. The molecule has 0 fully saturated rings. The Morgan fingerprint density at radius 2 is 1.96 bits per heavy atom. The number of ether oxygens (including phenoxy) is 1. The SMILES string of the molecule is CCOC(=O)CSCC(=O)NCCCNc1ccc(C(F)(F)F)cc1[N+](=O)[O-]. The summed E-state index contributed by atoms with van der Waals surface area (Å²) in [5.41, 5.74) is -1.80. The number of nitro groups is 1. The van der Waals surface area contributed by atoms with Gasteiger partial charge in [0, 0.05) is 19.2 Å². The van der Waals surface area contributed by atoms with E-state index in [-0.39, 0.29) is 42.8 Å². The summed E-state index contributed by atoms with van der Waals surface area (Å²) in [7, 11) is 0. The van der Waals surface area contributed by atoms with E-state index in [0.29, 0.717) is 12.5 Å². The summed E-state index contributed by atoms with van der Waals surface area (Å²) >= 11 is 1.11. The standard InChI is InChI=1S/C16H20F3N3O5S/c1-2-27-15(24)10-28-9-14(23)21-7-3-6-20-12-5-4-11(16(17,18)19)8-13(12)22(25)26/h4-5,8,20H,2-3,6-7,9-10H2,1H3,(H,21,23). The van der Waals surface area contributed by atoms with Crippen LogP contribution in [0, 0.1) is 10.1 Å². The van der Waals surface area contributed by atoms with Gasteiger partial charge in [-0.1, -0.05) is 0 Å². The normalized spacial score (nSPS) is 11.0. The Morgan fingerprint density at radius 3 is 2.57 bits per heavy atom. The first-order valence-corrected chi connectivity index (χ1v) is 9.40. The van der Waals surface area contributed by atoms with Gasteiger partial charge in [0.1, 0.15) is 5.69 Å². The van der Waals surface area contributed by atoms with Crippen LogP contribution in [-0.4, -0.2) is 48.0 Å². The maximum Gasteiger partial charge on any atom is 0.416 e. The molecule has 8 nitrogen and oxygen atoms in total. The summed E-state index contributed by atoms with van der Waals surface area (Å²) in [5, 5.41) is 16.3. The molecule has 0 unspecified atom stereocenters. The van der Waals surface area contributed by atoms with E-state index in [9.17, 15) is 32.9 Å². The molecule has 0 saturated heterocycles. The quantitative estimate of drug-likeness (QED) is 0.244. The molecule has 0 atom stereocenters. The molecule has 156 valence electrons. The highest BCUT2D eigenvalue weighted by Crippen LogP contribution is 2.34. The number of halogens is 3. The first-order valence-electron chi connectivity index (χ1n) is 8.24. The lowest BCUT2D eigenvalue weighted by Crippen LogP contribution is -2.27. The van der Waals surface area contributed by atoms with Gasteiger partial charge in [0.05, 0.1) is 28.6 Å². The number of carbonyl (C=O) groups excluding carboxylic acids is 2. The van der Waals surface area contributed by atoms with Gasteiger partial charge < -0.3 is 15.4 Å². The molecule has 0 radical (unpaired) electrons. The Labute approximate surface area is 163 Å². The largest absolute Gasteiger partial charge is 0.465 e. The average molecular weight is 423 g/mol. The van der Waals surface area contributed by atoms with E-state index in [4.69, 9.17) is 4.74 Å². The first-order chi connectivity index (χ1) is 13.1. The Kier molecular flexibility index (Phi) is 9.56. The smallest absolute Gasteiger partial charge is 0.416 e. The summed E-state index contributed by atoms with van der Waals surface area (Å²) in [6.07, 6.45) is -4.27. The predicted molar refractivity (Wildman–Crippen MR) is 98.2 cm³/mol. The zero-order valence-corrected chi connectivity index (χ0v) is 15.8. The molecule has 0 aromatic heterocycles. The zero-order chi connectivity index (χ0) is 21.2. The zero-order valence-electron chi connectivity index (χ0n) is 15.0. The monoisotopic (exact) mass is 423 g/mol. The van der Waals surface area contributed by atoms with Crippen LogP contribution < -0.4 is 10.6 Å². The summed E-state index contributed by atoms with van der Waals surface area (Å²) < 4.78 is 42.7. The van der Waals surface area contributed by atoms with Crippen LogP contribution in [0.4, 0.5) is 24.5 Å². The van der Waals surface area contributed by atoms with Crippen molar-refractivity contribution < 1.29 is 32.4 Å². The number of benzene rings is 1. The van der Waals surface area contributed by atoms with Gasteiger partial charge in [0.25, 0.3) is 5.69 Å². The number of hydrogen-bond donors (Lipinski definition) is 2. The number of amides is 1. The van der Waals surface area contributed by atoms with Crippen LogP contribution in [-0.2, 0) is 20.5 Å². The Bertz CT molecular complexity index is 701. The van der Waals surface area contributed by atoms with Crippen LogP contribution >= 0.6 is 11.8 Å². The van der Waals surface area contributed by atoms with E-state index in [2.05, 4.69) is 10.6 Å². The van der Waals surface area contributed by atoms with Crippen molar-refractivity contribution in [2.24, 2.45) is 0 Å². The van der Waals surface area contributed by atoms with Crippen LogP contribution in [0.5, 0.6) is 0 Å². The minimum Gasteiger partial charge on any atom is -0.465 e. The molecule has 2 N–H and O–H groups in total.